The lowest BCUT2D eigenvalue weighted by atomic mass is 9.82. The molecular weight excluding hydrogens is 220 g/mol. The Bertz CT molecular complexity index is 189. The molecule has 1 saturated carbocycles. The lowest BCUT2D eigenvalue weighted by Gasteiger charge is -2.41. The zero-order valence-electron chi connectivity index (χ0n) is 12.5. The van der Waals surface area contributed by atoms with Crippen LogP contribution in [0.4, 0.5) is 0 Å². The van der Waals surface area contributed by atoms with Crippen LogP contribution in [0.25, 0.3) is 0 Å². The van der Waals surface area contributed by atoms with Gasteiger partial charge in [-0.15, -0.1) is 0 Å². The topological polar surface area (TPSA) is 15.3 Å². The van der Waals surface area contributed by atoms with Crippen LogP contribution in [0, 0.1) is 11.8 Å². The van der Waals surface area contributed by atoms with E-state index in [0.29, 0.717) is 0 Å². The monoisotopic (exact) mass is 252 g/mol. The maximum Gasteiger partial charge on any atom is 0.00954 e. The van der Waals surface area contributed by atoms with Crippen LogP contribution in [0.15, 0.2) is 0 Å². The smallest absolute Gasteiger partial charge is 0.00954 e. The second kappa shape index (κ2) is 7.49. The van der Waals surface area contributed by atoms with E-state index >= 15 is 0 Å². The van der Waals surface area contributed by atoms with E-state index in [1.165, 1.54) is 71.0 Å². The van der Waals surface area contributed by atoms with Crippen molar-refractivity contribution in [2.45, 2.75) is 64.3 Å². The second-order valence-corrected chi connectivity index (χ2v) is 6.50. The van der Waals surface area contributed by atoms with Gasteiger partial charge in [-0.1, -0.05) is 19.8 Å². The van der Waals surface area contributed by atoms with Gasteiger partial charge >= 0.3 is 0 Å². The van der Waals surface area contributed by atoms with E-state index in [9.17, 15) is 0 Å². The molecule has 1 saturated heterocycles. The minimum Gasteiger partial charge on any atom is -0.319 e. The Morgan fingerprint density at radius 1 is 0.944 bits per heavy atom. The van der Waals surface area contributed by atoms with Crippen LogP contribution >= 0.6 is 0 Å². The molecule has 2 fully saturated rings. The normalized spacial score (nSPS) is 31.7. The Labute approximate surface area is 114 Å². The highest BCUT2D eigenvalue weighted by Crippen LogP contribution is 2.32. The van der Waals surface area contributed by atoms with E-state index in [2.05, 4.69) is 24.2 Å². The molecule has 18 heavy (non-hydrogen) atoms. The first kappa shape index (κ1) is 14.3. The minimum absolute atomic E-state index is 0.925. The molecule has 2 aliphatic rings. The molecule has 0 aromatic heterocycles. The summed E-state index contributed by atoms with van der Waals surface area (Å²) in [4.78, 5) is 2.80. The summed E-state index contributed by atoms with van der Waals surface area (Å²) >= 11 is 0. The summed E-state index contributed by atoms with van der Waals surface area (Å²) in [6, 6.07) is 0.925. The van der Waals surface area contributed by atoms with Crippen LogP contribution in [-0.2, 0) is 0 Å². The van der Waals surface area contributed by atoms with Crippen LogP contribution in [0.3, 0.4) is 0 Å². The molecule has 0 aromatic rings. The number of hydrogen-bond acceptors (Lipinski definition) is 2. The Kier molecular flexibility index (Phi) is 5.97. The van der Waals surface area contributed by atoms with Gasteiger partial charge < -0.3 is 10.2 Å². The molecule has 106 valence electrons. The highest BCUT2D eigenvalue weighted by Gasteiger charge is 2.28. The van der Waals surface area contributed by atoms with Crippen molar-refractivity contribution < 1.29 is 0 Å². The minimum atomic E-state index is 0.925. The first-order chi connectivity index (χ1) is 8.83. The highest BCUT2D eigenvalue weighted by molar-refractivity contribution is 4.83. The lowest BCUT2D eigenvalue weighted by Crippen LogP contribution is -2.44. The zero-order valence-corrected chi connectivity index (χ0v) is 12.5. The molecule has 2 nitrogen and oxygen atoms in total. The van der Waals surface area contributed by atoms with Gasteiger partial charge in [0.05, 0.1) is 0 Å². The van der Waals surface area contributed by atoms with Crippen molar-refractivity contribution in [2.75, 3.05) is 26.7 Å². The van der Waals surface area contributed by atoms with Gasteiger partial charge in [-0.2, -0.15) is 0 Å². The van der Waals surface area contributed by atoms with E-state index in [1.807, 2.05) is 0 Å². The molecule has 2 heteroatoms. The third-order valence-electron chi connectivity index (χ3n) is 5.17. The summed E-state index contributed by atoms with van der Waals surface area (Å²) in [6.07, 6.45) is 11.6. The Morgan fingerprint density at radius 2 is 1.61 bits per heavy atom. The quantitative estimate of drug-likeness (QED) is 0.808. The zero-order chi connectivity index (χ0) is 12.8. The fraction of sp³-hybridized carbons (Fsp3) is 1.00. The molecule has 2 rings (SSSR count). The van der Waals surface area contributed by atoms with E-state index in [1.54, 1.807) is 0 Å². The van der Waals surface area contributed by atoms with Gasteiger partial charge in [0, 0.05) is 6.04 Å². The number of nitrogens with zero attached hydrogens (tertiary/aromatic N) is 1. The van der Waals surface area contributed by atoms with Gasteiger partial charge in [0.15, 0.2) is 0 Å². The van der Waals surface area contributed by atoms with Crippen molar-refractivity contribution in [2.24, 2.45) is 11.8 Å². The van der Waals surface area contributed by atoms with Crippen LogP contribution in [0.5, 0.6) is 0 Å². The summed E-state index contributed by atoms with van der Waals surface area (Å²) in [5, 5.41) is 3.33. The number of rotatable bonds is 5. The number of piperidine rings is 1. The van der Waals surface area contributed by atoms with E-state index in [-0.39, 0.29) is 0 Å². The molecule has 1 aliphatic carbocycles. The summed E-state index contributed by atoms with van der Waals surface area (Å²) in [7, 11) is 2.08. The van der Waals surface area contributed by atoms with Gasteiger partial charge in [-0.3, -0.25) is 0 Å². The predicted octanol–water partition coefficient (Wildman–Crippen LogP) is 3.28. The van der Waals surface area contributed by atoms with Crippen LogP contribution in [-0.4, -0.2) is 37.6 Å². The average molecular weight is 252 g/mol. The van der Waals surface area contributed by atoms with Crippen molar-refractivity contribution >= 4 is 0 Å². The maximum absolute atomic E-state index is 3.33. The Morgan fingerprint density at radius 3 is 2.17 bits per heavy atom. The summed E-state index contributed by atoms with van der Waals surface area (Å²) in [5.74, 6) is 1.98. The molecule has 1 aliphatic heterocycles. The first-order valence-electron chi connectivity index (χ1n) is 8.22. The largest absolute Gasteiger partial charge is 0.319 e. The Balaban J connectivity index is 1.68. The van der Waals surface area contributed by atoms with Gasteiger partial charge in [0.1, 0.15) is 0 Å². The predicted molar refractivity (Wildman–Crippen MR) is 78.9 cm³/mol. The van der Waals surface area contributed by atoms with Crippen molar-refractivity contribution in [1.29, 1.82) is 0 Å². The summed E-state index contributed by atoms with van der Waals surface area (Å²) in [6.45, 7) is 6.26. The summed E-state index contributed by atoms with van der Waals surface area (Å²) in [5.41, 5.74) is 0. The molecule has 1 N–H and O–H groups in total. The van der Waals surface area contributed by atoms with Crippen LogP contribution in [0.2, 0.25) is 0 Å². The number of nitrogens with one attached hydrogen (secondary N) is 1. The molecule has 0 atom stereocenters. The second-order valence-electron chi connectivity index (χ2n) is 6.50. The first-order valence-corrected chi connectivity index (χ1v) is 8.22. The summed E-state index contributed by atoms with van der Waals surface area (Å²) < 4.78 is 0. The van der Waals surface area contributed by atoms with Crippen molar-refractivity contribution in [3.63, 3.8) is 0 Å². The third kappa shape index (κ3) is 3.96. The molecule has 0 aromatic carbocycles. The van der Waals surface area contributed by atoms with Gasteiger partial charge in [0.2, 0.25) is 0 Å². The van der Waals surface area contributed by atoms with Gasteiger partial charge in [-0.05, 0) is 77.0 Å². The number of likely N-dealkylation sites (tertiary alicyclic amines) is 1. The van der Waals surface area contributed by atoms with Gasteiger partial charge in [-0.25, -0.2) is 0 Å². The average Bonchev–Trinajstić information content (AvgIpc) is 2.41. The van der Waals surface area contributed by atoms with Crippen LogP contribution < -0.4 is 5.32 Å². The molecule has 0 amide bonds. The molecule has 0 bridgehead atoms. The maximum atomic E-state index is 3.33. The standard InChI is InChI=1S/C16H32N2/c1-3-4-14-5-7-16(8-6-14)18-11-9-15(10-12-18)13-17-2/h14-17H,3-13H2,1-2H3. The van der Waals surface area contributed by atoms with Crippen LogP contribution in [0.1, 0.15) is 58.3 Å². The van der Waals surface area contributed by atoms with Crippen molar-refractivity contribution in [3.05, 3.63) is 0 Å². The van der Waals surface area contributed by atoms with Crippen molar-refractivity contribution in [1.82, 2.24) is 10.2 Å². The fourth-order valence-electron chi connectivity index (χ4n) is 4.02. The molecule has 0 radical (unpaired) electrons. The molecule has 1 heterocycles. The van der Waals surface area contributed by atoms with E-state index in [0.717, 1.165) is 17.9 Å². The Hall–Kier alpha value is -0.0800. The van der Waals surface area contributed by atoms with Gasteiger partial charge in [0.25, 0.3) is 0 Å². The van der Waals surface area contributed by atoms with Crippen molar-refractivity contribution in [3.8, 4) is 0 Å². The molecule has 0 unspecified atom stereocenters. The molecule has 0 spiro atoms. The van der Waals surface area contributed by atoms with E-state index < -0.39 is 0 Å². The highest BCUT2D eigenvalue weighted by atomic mass is 15.2. The number of hydrogen-bond donors (Lipinski definition) is 1. The lowest BCUT2D eigenvalue weighted by molar-refractivity contribution is 0.0931. The third-order valence-corrected chi connectivity index (χ3v) is 5.17. The molecular formula is C16H32N2. The fourth-order valence-corrected chi connectivity index (χ4v) is 4.02. The van der Waals surface area contributed by atoms with E-state index in [4.69, 9.17) is 0 Å². The SMILES string of the molecule is CCCC1CCC(N2CCC(CNC)CC2)CC1.